The van der Waals surface area contributed by atoms with Crippen molar-refractivity contribution in [1.29, 1.82) is 0 Å². The van der Waals surface area contributed by atoms with Crippen molar-refractivity contribution in [3.8, 4) is 67.3 Å². The molecule has 43 heavy (non-hydrogen) atoms. The average Bonchev–Trinajstić information content (AvgIpc) is 3.48. The number of pyridine rings is 2. The van der Waals surface area contributed by atoms with Gasteiger partial charge in [-0.25, -0.2) is 9.97 Å². The Morgan fingerprint density at radius 1 is 0.326 bits per heavy atom. The van der Waals surface area contributed by atoms with Crippen LogP contribution in [0.15, 0.2) is 146 Å². The van der Waals surface area contributed by atoms with Crippen molar-refractivity contribution in [3.63, 3.8) is 0 Å². The highest BCUT2D eigenvalue weighted by Gasteiger charge is 2.17. The highest BCUT2D eigenvalue weighted by molar-refractivity contribution is 6.15. The van der Waals surface area contributed by atoms with E-state index in [1.54, 1.807) is 0 Å². The molecule has 8 aromatic rings. The molecule has 0 fully saturated rings. The Morgan fingerprint density at radius 2 is 0.767 bits per heavy atom. The molecule has 200 valence electrons. The van der Waals surface area contributed by atoms with Crippen LogP contribution in [0.1, 0.15) is 0 Å². The van der Waals surface area contributed by atoms with Crippen LogP contribution in [0.4, 0.5) is 0 Å². The van der Waals surface area contributed by atoms with Gasteiger partial charge in [0.2, 0.25) is 0 Å². The third kappa shape index (κ3) is 3.90. The number of nitrogens with zero attached hydrogens (tertiary/aromatic N) is 2. The standard InChI is InChI=1S/C40H25N3/c1-2-8-25(9-3-1)26-18-20-27(21-19-26)28-22-29-24-30(23-28)36-15-7-17-38(42-36)34-13-5-11-32-31-10-4-12-33(39(31)43-40(32)34)37-16-6-14-35(29)41-37/h1-24,43H. The van der Waals surface area contributed by atoms with Gasteiger partial charge in [0.25, 0.3) is 0 Å². The summed E-state index contributed by atoms with van der Waals surface area (Å²) in [6, 6.07) is 51.6. The summed E-state index contributed by atoms with van der Waals surface area (Å²) in [7, 11) is 0. The van der Waals surface area contributed by atoms with Crippen LogP contribution in [0.25, 0.3) is 89.1 Å². The number of aromatic nitrogens is 3. The monoisotopic (exact) mass is 547 g/mol. The highest BCUT2D eigenvalue weighted by Crippen LogP contribution is 2.39. The van der Waals surface area contributed by atoms with E-state index in [0.717, 1.165) is 67.2 Å². The highest BCUT2D eigenvalue weighted by atomic mass is 14.8. The molecule has 4 heterocycles. The van der Waals surface area contributed by atoms with E-state index in [9.17, 15) is 0 Å². The van der Waals surface area contributed by atoms with E-state index in [0.29, 0.717) is 0 Å². The van der Waals surface area contributed by atoms with Crippen LogP contribution in [-0.2, 0) is 0 Å². The van der Waals surface area contributed by atoms with Gasteiger partial charge in [0.1, 0.15) is 0 Å². The lowest BCUT2D eigenvalue weighted by atomic mass is 9.95. The van der Waals surface area contributed by atoms with E-state index >= 15 is 0 Å². The molecule has 1 aliphatic rings. The van der Waals surface area contributed by atoms with Crippen molar-refractivity contribution in [2.75, 3.05) is 0 Å². The van der Waals surface area contributed by atoms with E-state index in [-0.39, 0.29) is 0 Å². The summed E-state index contributed by atoms with van der Waals surface area (Å²) in [5, 5.41) is 2.38. The van der Waals surface area contributed by atoms with Gasteiger partial charge in [-0.15, -0.1) is 0 Å². The molecular weight excluding hydrogens is 522 g/mol. The maximum Gasteiger partial charge on any atom is 0.0730 e. The van der Waals surface area contributed by atoms with Gasteiger partial charge in [0.15, 0.2) is 0 Å². The summed E-state index contributed by atoms with van der Waals surface area (Å²) in [6.45, 7) is 0. The molecule has 0 amide bonds. The van der Waals surface area contributed by atoms with E-state index in [4.69, 9.17) is 9.97 Å². The molecule has 0 radical (unpaired) electrons. The first-order valence-electron chi connectivity index (χ1n) is 14.6. The van der Waals surface area contributed by atoms with Gasteiger partial charge in [0.05, 0.1) is 33.8 Å². The maximum absolute atomic E-state index is 5.23. The van der Waals surface area contributed by atoms with Crippen LogP contribution < -0.4 is 0 Å². The molecular formula is C40H25N3. The predicted molar refractivity (Wildman–Crippen MR) is 178 cm³/mol. The predicted octanol–water partition coefficient (Wildman–Crippen LogP) is 10.4. The molecule has 1 aliphatic heterocycles. The van der Waals surface area contributed by atoms with Crippen molar-refractivity contribution < 1.29 is 0 Å². The van der Waals surface area contributed by atoms with Gasteiger partial charge < -0.3 is 4.98 Å². The third-order valence-corrected chi connectivity index (χ3v) is 8.57. The average molecular weight is 548 g/mol. The number of hydrogen-bond donors (Lipinski definition) is 1. The third-order valence-electron chi connectivity index (χ3n) is 8.57. The van der Waals surface area contributed by atoms with Crippen molar-refractivity contribution >= 4 is 21.8 Å². The van der Waals surface area contributed by atoms with Crippen LogP contribution in [0, 0.1) is 0 Å². The molecule has 8 bridgehead atoms. The fourth-order valence-corrected chi connectivity index (χ4v) is 6.44. The van der Waals surface area contributed by atoms with Crippen molar-refractivity contribution in [2.45, 2.75) is 0 Å². The van der Waals surface area contributed by atoms with Crippen LogP contribution >= 0.6 is 0 Å². The first-order valence-corrected chi connectivity index (χ1v) is 14.6. The summed E-state index contributed by atoms with van der Waals surface area (Å²) in [5.74, 6) is 0. The van der Waals surface area contributed by atoms with Crippen LogP contribution in [0.2, 0.25) is 0 Å². The van der Waals surface area contributed by atoms with E-state index in [1.807, 2.05) is 0 Å². The zero-order chi connectivity index (χ0) is 28.3. The molecule has 3 heteroatoms. The zero-order valence-electron chi connectivity index (χ0n) is 23.3. The fraction of sp³-hybridized carbons (Fsp3) is 0. The summed E-state index contributed by atoms with van der Waals surface area (Å²) in [4.78, 5) is 14.2. The van der Waals surface area contributed by atoms with Gasteiger partial charge >= 0.3 is 0 Å². The molecule has 3 nitrogen and oxygen atoms in total. The molecule has 0 spiro atoms. The van der Waals surface area contributed by atoms with Crippen molar-refractivity contribution in [1.82, 2.24) is 15.0 Å². The lowest BCUT2D eigenvalue weighted by Crippen LogP contribution is -1.93. The number of H-pyrrole nitrogens is 1. The van der Waals surface area contributed by atoms with Gasteiger partial charge in [-0.3, -0.25) is 0 Å². The van der Waals surface area contributed by atoms with E-state index in [1.165, 1.54) is 21.9 Å². The maximum atomic E-state index is 5.23. The Kier molecular flexibility index (Phi) is 5.20. The minimum absolute atomic E-state index is 0.934. The topological polar surface area (TPSA) is 41.6 Å². The van der Waals surface area contributed by atoms with Crippen LogP contribution in [0.3, 0.4) is 0 Å². The SMILES string of the molecule is c1ccc(-c2ccc(-c3cc4cc(c3)-c3cccc(n3)-c3cccc5c3[nH]c3c(cccc35)-c3cccc-4n3)cc2)cc1. The van der Waals surface area contributed by atoms with Crippen LogP contribution in [-0.4, -0.2) is 15.0 Å². The number of hydrogen-bond acceptors (Lipinski definition) is 2. The first kappa shape index (κ1) is 23.9. The summed E-state index contributed by atoms with van der Waals surface area (Å²) in [5.41, 5.74) is 15.0. The quantitative estimate of drug-likeness (QED) is 0.234. The van der Waals surface area contributed by atoms with Gasteiger partial charge in [-0.1, -0.05) is 103 Å². The molecule has 0 unspecified atom stereocenters. The fourth-order valence-electron chi connectivity index (χ4n) is 6.44. The number of rotatable bonds is 2. The summed E-state index contributed by atoms with van der Waals surface area (Å²) in [6.07, 6.45) is 0. The number of benzene rings is 5. The molecule has 0 aliphatic carbocycles. The van der Waals surface area contributed by atoms with Crippen LogP contribution in [0.5, 0.6) is 0 Å². The minimum atomic E-state index is 0.934. The zero-order valence-corrected chi connectivity index (χ0v) is 23.3. The molecule has 5 aromatic carbocycles. The molecule has 0 saturated carbocycles. The summed E-state index contributed by atoms with van der Waals surface area (Å²) < 4.78 is 0. The smallest absolute Gasteiger partial charge is 0.0730 e. The number of fused-ring (bicyclic) bond motifs is 11. The summed E-state index contributed by atoms with van der Waals surface area (Å²) >= 11 is 0. The van der Waals surface area contributed by atoms with Gasteiger partial charge in [-0.2, -0.15) is 0 Å². The Balaban J connectivity index is 1.30. The Morgan fingerprint density at radius 3 is 1.33 bits per heavy atom. The van der Waals surface area contributed by atoms with E-state index < -0.39 is 0 Å². The lowest BCUT2D eigenvalue weighted by molar-refractivity contribution is 1.31. The molecule has 1 N–H and O–H groups in total. The Labute approximate surface area is 249 Å². The van der Waals surface area contributed by atoms with Crippen molar-refractivity contribution in [2.24, 2.45) is 0 Å². The largest absolute Gasteiger partial charge is 0.353 e. The first-order chi connectivity index (χ1) is 21.3. The lowest BCUT2D eigenvalue weighted by Gasteiger charge is -2.13. The number of nitrogens with one attached hydrogen (secondary N) is 1. The second kappa shape index (κ2) is 9.37. The molecule has 0 atom stereocenters. The van der Waals surface area contributed by atoms with Gasteiger partial charge in [-0.05, 0) is 64.7 Å². The molecule has 0 saturated heterocycles. The van der Waals surface area contributed by atoms with E-state index in [2.05, 4.69) is 151 Å². The van der Waals surface area contributed by atoms with Crippen molar-refractivity contribution in [3.05, 3.63) is 146 Å². The second-order valence-corrected chi connectivity index (χ2v) is 11.1. The van der Waals surface area contributed by atoms with Gasteiger partial charge in [0, 0.05) is 33.0 Å². The normalized spacial score (nSPS) is 11.7. The second-order valence-electron chi connectivity index (χ2n) is 11.1. The minimum Gasteiger partial charge on any atom is -0.353 e. The molecule has 9 rings (SSSR count). The molecule has 3 aromatic heterocycles. The number of para-hydroxylation sites is 2. The Hall–Kier alpha value is -5.80. The number of aromatic amines is 1. The Bertz CT molecular complexity index is 2210.